The first-order valence-corrected chi connectivity index (χ1v) is 10.3. The number of carbonyl (C=O) groups excluding carboxylic acids is 1. The molecule has 1 aliphatic carbocycles. The largest absolute Gasteiger partial charge is 0.352 e. The van der Waals surface area contributed by atoms with Crippen LogP contribution in [0.25, 0.3) is 10.9 Å². The van der Waals surface area contributed by atoms with Gasteiger partial charge in [-0.25, -0.2) is 4.98 Å². The van der Waals surface area contributed by atoms with Crippen molar-refractivity contribution in [3.63, 3.8) is 0 Å². The molecule has 1 aromatic carbocycles. The van der Waals surface area contributed by atoms with E-state index in [2.05, 4.69) is 10.3 Å². The summed E-state index contributed by atoms with van der Waals surface area (Å²) in [5.41, 5.74) is 0.456. The van der Waals surface area contributed by atoms with Crippen LogP contribution in [0.4, 0.5) is 0 Å². The highest BCUT2D eigenvalue weighted by atomic mass is 35.5. The van der Waals surface area contributed by atoms with Crippen LogP contribution in [0.3, 0.4) is 0 Å². The second-order valence-corrected chi connectivity index (χ2v) is 8.82. The van der Waals surface area contributed by atoms with Crippen LogP contribution in [0, 0.1) is 0 Å². The van der Waals surface area contributed by atoms with Gasteiger partial charge in [-0.2, -0.15) is 0 Å². The number of halogens is 1. The van der Waals surface area contributed by atoms with Crippen molar-refractivity contribution in [2.45, 2.75) is 68.9 Å². The average Bonchev–Trinajstić information content (AvgIpc) is 3.07. The topological polar surface area (TPSA) is 64.0 Å². The van der Waals surface area contributed by atoms with Gasteiger partial charge in [0, 0.05) is 17.1 Å². The van der Waals surface area contributed by atoms with E-state index in [-0.39, 0.29) is 28.8 Å². The summed E-state index contributed by atoms with van der Waals surface area (Å²) in [6.07, 6.45) is 4.44. The summed E-state index contributed by atoms with van der Waals surface area (Å²) in [4.78, 5) is 30.1. The molecule has 0 spiro atoms. The number of nitrogens with zero attached hydrogens (tertiary/aromatic N) is 2. The van der Waals surface area contributed by atoms with Crippen molar-refractivity contribution < 1.29 is 4.79 Å². The van der Waals surface area contributed by atoms with Gasteiger partial charge in [0.2, 0.25) is 5.91 Å². The van der Waals surface area contributed by atoms with Gasteiger partial charge in [0.05, 0.1) is 16.2 Å². The van der Waals surface area contributed by atoms with Crippen LogP contribution in [-0.2, 0) is 4.79 Å². The molecule has 1 amide bonds. The molecule has 140 valence electrons. The second kappa shape index (κ2) is 8.01. The molecule has 2 aromatic rings. The maximum Gasteiger partial charge on any atom is 0.262 e. The fourth-order valence-electron chi connectivity index (χ4n) is 3.29. The van der Waals surface area contributed by atoms with Gasteiger partial charge in [-0.15, -0.1) is 0 Å². The number of nitrogens with one attached hydrogen (secondary N) is 1. The van der Waals surface area contributed by atoms with E-state index < -0.39 is 0 Å². The highest BCUT2D eigenvalue weighted by Gasteiger charge is 2.24. The molecule has 1 N–H and O–H groups in total. The fourth-order valence-corrected chi connectivity index (χ4v) is 4.51. The number of rotatable bonds is 5. The molecule has 26 heavy (non-hydrogen) atoms. The highest BCUT2D eigenvalue weighted by Crippen LogP contribution is 2.26. The quantitative estimate of drug-likeness (QED) is 0.611. The van der Waals surface area contributed by atoms with Crippen LogP contribution in [-0.4, -0.2) is 26.8 Å². The van der Waals surface area contributed by atoms with Crippen molar-refractivity contribution in [2.24, 2.45) is 0 Å². The van der Waals surface area contributed by atoms with E-state index in [0.717, 1.165) is 12.8 Å². The van der Waals surface area contributed by atoms with Crippen LogP contribution >= 0.6 is 23.4 Å². The Bertz CT molecular complexity index is 875. The van der Waals surface area contributed by atoms with E-state index in [9.17, 15) is 9.59 Å². The maximum absolute atomic E-state index is 12.9. The minimum atomic E-state index is -0.330. The number of aromatic nitrogens is 2. The highest BCUT2D eigenvalue weighted by molar-refractivity contribution is 8.00. The van der Waals surface area contributed by atoms with Crippen molar-refractivity contribution in [1.29, 1.82) is 0 Å². The van der Waals surface area contributed by atoms with Crippen LogP contribution in [0.2, 0.25) is 5.02 Å². The Hall–Kier alpha value is -1.53. The third-order valence-electron chi connectivity index (χ3n) is 4.70. The molecular weight excluding hydrogens is 370 g/mol. The average molecular weight is 394 g/mol. The summed E-state index contributed by atoms with van der Waals surface area (Å²) >= 11 is 7.38. The summed E-state index contributed by atoms with van der Waals surface area (Å²) < 4.78 is 1.65. The van der Waals surface area contributed by atoms with Crippen LogP contribution in [0.5, 0.6) is 0 Å². The molecule has 1 saturated carbocycles. The van der Waals surface area contributed by atoms with E-state index in [1.54, 1.807) is 22.8 Å². The first kappa shape index (κ1) is 19.2. The van der Waals surface area contributed by atoms with Gasteiger partial charge >= 0.3 is 0 Å². The number of benzene rings is 1. The van der Waals surface area contributed by atoms with E-state index in [1.165, 1.54) is 24.6 Å². The Kier molecular flexibility index (Phi) is 5.92. The zero-order valence-electron chi connectivity index (χ0n) is 15.3. The first-order chi connectivity index (χ1) is 12.4. The van der Waals surface area contributed by atoms with Gasteiger partial charge < -0.3 is 5.32 Å². The lowest BCUT2D eigenvalue weighted by Gasteiger charge is -2.20. The second-order valence-electron chi connectivity index (χ2n) is 7.07. The maximum atomic E-state index is 12.9. The van der Waals surface area contributed by atoms with Crippen molar-refractivity contribution in [1.82, 2.24) is 14.9 Å². The summed E-state index contributed by atoms with van der Waals surface area (Å²) in [7, 11) is 0. The Morgan fingerprint density at radius 2 is 2.00 bits per heavy atom. The monoisotopic (exact) mass is 393 g/mol. The lowest BCUT2D eigenvalue weighted by molar-refractivity contribution is -0.120. The summed E-state index contributed by atoms with van der Waals surface area (Å²) in [6.45, 7) is 5.74. The molecule has 0 bridgehead atoms. The van der Waals surface area contributed by atoms with Crippen LogP contribution < -0.4 is 10.9 Å². The molecule has 0 radical (unpaired) electrons. The normalized spacial score (nSPS) is 16.3. The molecule has 1 aromatic heterocycles. The zero-order valence-corrected chi connectivity index (χ0v) is 16.9. The number of hydrogen-bond acceptors (Lipinski definition) is 4. The molecule has 0 saturated heterocycles. The predicted molar refractivity (Wildman–Crippen MR) is 107 cm³/mol. The molecule has 0 aliphatic heterocycles. The first-order valence-electron chi connectivity index (χ1n) is 9.05. The molecule has 7 heteroatoms. The SMILES string of the molecule is CC(C)n1c(S[C@@H](C)C(=O)NC2CCCC2)nc2cc(Cl)ccc2c1=O. The Balaban J connectivity index is 1.91. The van der Waals surface area contributed by atoms with E-state index >= 15 is 0 Å². The van der Waals surface area contributed by atoms with Gasteiger partial charge in [-0.3, -0.25) is 14.2 Å². The number of carbonyl (C=O) groups is 1. The van der Waals surface area contributed by atoms with Crippen LogP contribution in [0.15, 0.2) is 28.2 Å². The fraction of sp³-hybridized carbons (Fsp3) is 0.526. The molecule has 0 unspecified atom stereocenters. The van der Waals surface area contributed by atoms with E-state index in [1.807, 2.05) is 20.8 Å². The molecule has 5 nitrogen and oxygen atoms in total. The van der Waals surface area contributed by atoms with E-state index in [4.69, 9.17) is 11.6 Å². The van der Waals surface area contributed by atoms with Crippen molar-refractivity contribution in [3.8, 4) is 0 Å². The smallest absolute Gasteiger partial charge is 0.262 e. The van der Waals surface area contributed by atoms with Gasteiger partial charge in [-0.1, -0.05) is 36.2 Å². The summed E-state index contributed by atoms with van der Waals surface area (Å²) in [5, 5.41) is 4.41. The number of amides is 1. The van der Waals surface area contributed by atoms with Crippen molar-refractivity contribution in [2.75, 3.05) is 0 Å². The molecule has 1 fully saturated rings. The van der Waals surface area contributed by atoms with Gasteiger partial charge in [0.1, 0.15) is 0 Å². The van der Waals surface area contributed by atoms with Gasteiger partial charge in [-0.05, 0) is 51.8 Å². The molecule has 1 aliphatic rings. The minimum Gasteiger partial charge on any atom is -0.352 e. The Labute approximate surface area is 162 Å². The number of fused-ring (bicyclic) bond motifs is 1. The van der Waals surface area contributed by atoms with Crippen molar-refractivity contribution >= 4 is 40.2 Å². The third kappa shape index (κ3) is 4.07. The Morgan fingerprint density at radius 3 is 2.65 bits per heavy atom. The van der Waals surface area contributed by atoms with Gasteiger partial charge in [0.15, 0.2) is 5.16 Å². The zero-order chi connectivity index (χ0) is 18.8. The Morgan fingerprint density at radius 1 is 1.31 bits per heavy atom. The molecule has 1 heterocycles. The minimum absolute atomic E-state index is 0.00218. The summed E-state index contributed by atoms with van der Waals surface area (Å²) in [5.74, 6) is -0.00218. The van der Waals surface area contributed by atoms with E-state index in [0.29, 0.717) is 21.1 Å². The molecular formula is C19H24ClN3O2S. The predicted octanol–water partition coefficient (Wildman–Crippen LogP) is 4.17. The third-order valence-corrected chi connectivity index (χ3v) is 6.00. The van der Waals surface area contributed by atoms with Crippen molar-refractivity contribution in [3.05, 3.63) is 33.6 Å². The lowest BCUT2D eigenvalue weighted by atomic mass is 10.2. The molecule has 1 atom stereocenters. The standard InChI is InChI=1S/C19H24ClN3O2S/c1-11(2)23-18(25)15-9-8-13(20)10-16(15)22-19(23)26-12(3)17(24)21-14-6-4-5-7-14/h8-12,14H,4-7H2,1-3H3,(H,21,24)/t12-/m0/s1. The van der Waals surface area contributed by atoms with Gasteiger partial charge in [0.25, 0.3) is 5.56 Å². The lowest BCUT2D eigenvalue weighted by Crippen LogP contribution is -2.38. The van der Waals surface area contributed by atoms with Crippen LogP contribution in [0.1, 0.15) is 52.5 Å². The number of hydrogen-bond donors (Lipinski definition) is 1. The molecule has 3 rings (SSSR count). The number of thioether (sulfide) groups is 1. The summed E-state index contributed by atoms with van der Waals surface area (Å²) in [6, 6.07) is 5.32.